The maximum Gasteiger partial charge on any atom is 0.305 e. The Kier molecular flexibility index (Phi) is 4.50. The van der Waals surface area contributed by atoms with E-state index in [-0.39, 0.29) is 12.3 Å². The van der Waals surface area contributed by atoms with Gasteiger partial charge >= 0.3 is 5.97 Å². The first-order valence-electron chi connectivity index (χ1n) is 9.70. The molecule has 2 aliphatic carbocycles. The number of carbonyl (C=O) groups is 2. The highest BCUT2D eigenvalue weighted by Gasteiger charge is 2.39. The maximum absolute atomic E-state index is 13.1. The maximum atomic E-state index is 13.1. The van der Waals surface area contributed by atoms with Gasteiger partial charge in [0.1, 0.15) is 0 Å². The van der Waals surface area contributed by atoms with E-state index in [0.717, 1.165) is 49.0 Å². The quantitative estimate of drug-likeness (QED) is 0.850. The molecule has 27 heavy (non-hydrogen) atoms. The number of carboxylic acid groups (broad SMARTS) is 1. The number of nitrogens with one attached hydrogen (secondary N) is 1. The summed E-state index contributed by atoms with van der Waals surface area (Å²) in [4.78, 5) is 24.4. The molecule has 0 radical (unpaired) electrons. The monoisotopic (exact) mass is 367 g/mol. The summed E-state index contributed by atoms with van der Waals surface area (Å²) in [5, 5.41) is 17.0. The van der Waals surface area contributed by atoms with Crippen LogP contribution in [0.15, 0.2) is 24.3 Å². The second-order valence-electron chi connectivity index (χ2n) is 7.89. The molecule has 1 amide bonds. The number of fused-ring (bicyclic) bond motifs is 1. The molecule has 0 atom stereocenters. The van der Waals surface area contributed by atoms with Crippen molar-refractivity contribution in [2.24, 2.45) is 0 Å². The standard InChI is InChI=1S/C21H25N3O3/c1-14-7-9-15(10-8-14)24-17-6-4-5-16(17)19(23-24)20(27)22-21(13-18(25)26)11-2-3-12-21/h7-10H,2-6,11-13H2,1H3,(H,22,27)(H,25,26). The van der Waals surface area contributed by atoms with E-state index < -0.39 is 11.5 Å². The minimum absolute atomic E-state index is 0.0282. The fourth-order valence-electron chi connectivity index (χ4n) is 4.51. The molecule has 142 valence electrons. The molecule has 1 aromatic heterocycles. The van der Waals surface area contributed by atoms with Gasteiger partial charge < -0.3 is 10.4 Å². The second-order valence-corrected chi connectivity index (χ2v) is 7.89. The molecular formula is C21H25N3O3. The number of benzene rings is 1. The normalized spacial score (nSPS) is 17.7. The van der Waals surface area contributed by atoms with Crippen molar-refractivity contribution < 1.29 is 14.7 Å². The smallest absolute Gasteiger partial charge is 0.305 e. The third-order valence-corrected chi connectivity index (χ3v) is 5.85. The Morgan fingerprint density at radius 2 is 1.85 bits per heavy atom. The van der Waals surface area contributed by atoms with Crippen molar-refractivity contribution >= 4 is 11.9 Å². The molecule has 1 aromatic carbocycles. The number of aliphatic carboxylic acids is 1. The number of nitrogens with zero attached hydrogens (tertiary/aromatic N) is 2. The summed E-state index contributed by atoms with van der Waals surface area (Å²) in [6.07, 6.45) is 6.06. The van der Waals surface area contributed by atoms with Gasteiger partial charge in [-0.05, 0) is 51.2 Å². The number of hydrogen-bond acceptors (Lipinski definition) is 3. The zero-order valence-electron chi connectivity index (χ0n) is 15.6. The summed E-state index contributed by atoms with van der Waals surface area (Å²) in [7, 11) is 0. The second kappa shape index (κ2) is 6.83. The summed E-state index contributed by atoms with van der Waals surface area (Å²) in [6.45, 7) is 2.04. The largest absolute Gasteiger partial charge is 0.481 e. The van der Waals surface area contributed by atoms with Crippen molar-refractivity contribution in [1.82, 2.24) is 15.1 Å². The molecule has 1 fully saturated rings. The van der Waals surface area contributed by atoms with E-state index in [1.807, 2.05) is 35.9 Å². The topological polar surface area (TPSA) is 84.2 Å². The molecule has 2 N–H and O–H groups in total. The van der Waals surface area contributed by atoms with Crippen LogP contribution in [0.5, 0.6) is 0 Å². The molecule has 1 heterocycles. The average molecular weight is 367 g/mol. The summed E-state index contributed by atoms with van der Waals surface area (Å²) >= 11 is 0. The van der Waals surface area contributed by atoms with Gasteiger partial charge in [0, 0.05) is 11.3 Å². The Bertz CT molecular complexity index is 877. The van der Waals surface area contributed by atoms with Crippen molar-refractivity contribution in [1.29, 1.82) is 0 Å². The molecule has 0 aliphatic heterocycles. The third kappa shape index (κ3) is 3.36. The minimum Gasteiger partial charge on any atom is -0.481 e. The molecule has 6 heteroatoms. The molecule has 0 saturated heterocycles. The lowest BCUT2D eigenvalue weighted by atomic mass is 9.93. The van der Waals surface area contributed by atoms with Crippen LogP contribution < -0.4 is 5.32 Å². The molecule has 6 nitrogen and oxygen atoms in total. The van der Waals surface area contributed by atoms with E-state index in [1.165, 1.54) is 5.56 Å². The summed E-state index contributed by atoms with van der Waals surface area (Å²) in [5.41, 5.74) is 4.07. The summed E-state index contributed by atoms with van der Waals surface area (Å²) in [5.74, 6) is -1.10. The van der Waals surface area contributed by atoms with Gasteiger partial charge in [0.25, 0.3) is 5.91 Å². The molecular weight excluding hydrogens is 342 g/mol. The number of rotatable bonds is 5. The van der Waals surface area contributed by atoms with Crippen LogP contribution in [0.4, 0.5) is 0 Å². The Labute approximate surface area is 158 Å². The summed E-state index contributed by atoms with van der Waals surface area (Å²) in [6, 6.07) is 8.12. The molecule has 2 aromatic rings. The van der Waals surface area contributed by atoms with E-state index in [2.05, 4.69) is 10.4 Å². The van der Waals surface area contributed by atoms with Gasteiger partial charge in [0.15, 0.2) is 5.69 Å². The SMILES string of the molecule is Cc1ccc(-n2nc(C(=O)NC3(CC(=O)O)CCCC3)c3c2CCC3)cc1. The van der Waals surface area contributed by atoms with Gasteiger partial charge in [-0.25, -0.2) is 4.68 Å². The van der Waals surface area contributed by atoms with Crippen molar-refractivity contribution in [3.63, 3.8) is 0 Å². The fourth-order valence-corrected chi connectivity index (χ4v) is 4.51. The van der Waals surface area contributed by atoms with E-state index >= 15 is 0 Å². The predicted octanol–water partition coefficient (Wildman–Crippen LogP) is 3.19. The highest BCUT2D eigenvalue weighted by Crippen LogP contribution is 2.34. The zero-order valence-corrected chi connectivity index (χ0v) is 15.6. The van der Waals surface area contributed by atoms with Crippen LogP contribution in [0, 0.1) is 6.92 Å². The van der Waals surface area contributed by atoms with Crippen LogP contribution in [-0.2, 0) is 17.6 Å². The van der Waals surface area contributed by atoms with E-state index in [1.54, 1.807) is 0 Å². The fraction of sp³-hybridized carbons (Fsp3) is 0.476. The van der Waals surface area contributed by atoms with Gasteiger partial charge in [0.2, 0.25) is 0 Å². The number of carboxylic acids is 1. The van der Waals surface area contributed by atoms with Crippen molar-refractivity contribution in [2.75, 3.05) is 0 Å². The zero-order chi connectivity index (χ0) is 19.0. The Hall–Kier alpha value is -2.63. The van der Waals surface area contributed by atoms with Crippen LogP contribution >= 0.6 is 0 Å². The summed E-state index contributed by atoms with van der Waals surface area (Å²) < 4.78 is 1.88. The first-order chi connectivity index (χ1) is 13.0. The lowest BCUT2D eigenvalue weighted by Crippen LogP contribution is -2.48. The number of aromatic nitrogens is 2. The number of aryl methyl sites for hydroxylation is 1. The van der Waals surface area contributed by atoms with Crippen LogP contribution in [0.1, 0.15) is 65.8 Å². The highest BCUT2D eigenvalue weighted by atomic mass is 16.4. The van der Waals surface area contributed by atoms with E-state index in [9.17, 15) is 14.7 Å². The van der Waals surface area contributed by atoms with Crippen molar-refractivity contribution in [2.45, 2.75) is 63.8 Å². The van der Waals surface area contributed by atoms with Gasteiger partial charge in [-0.1, -0.05) is 30.5 Å². The van der Waals surface area contributed by atoms with Crippen LogP contribution in [0.2, 0.25) is 0 Å². The molecule has 4 rings (SSSR count). The van der Waals surface area contributed by atoms with E-state index in [4.69, 9.17) is 0 Å². The number of amides is 1. The molecule has 1 saturated carbocycles. The molecule has 0 unspecified atom stereocenters. The van der Waals surface area contributed by atoms with Crippen LogP contribution in [0.25, 0.3) is 5.69 Å². The van der Waals surface area contributed by atoms with Crippen LogP contribution in [-0.4, -0.2) is 32.3 Å². The third-order valence-electron chi connectivity index (χ3n) is 5.85. The molecule has 0 spiro atoms. The minimum atomic E-state index is -0.868. The molecule has 2 aliphatic rings. The van der Waals surface area contributed by atoms with Gasteiger partial charge in [-0.15, -0.1) is 0 Å². The van der Waals surface area contributed by atoms with E-state index in [0.29, 0.717) is 18.5 Å². The number of hydrogen-bond donors (Lipinski definition) is 2. The van der Waals surface area contributed by atoms with Crippen LogP contribution in [0.3, 0.4) is 0 Å². The van der Waals surface area contributed by atoms with Gasteiger partial charge in [-0.2, -0.15) is 5.10 Å². The van der Waals surface area contributed by atoms with Gasteiger partial charge in [-0.3, -0.25) is 9.59 Å². The predicted molar refractivity (Wildman–Crippen MR) is 101 cm³/mol. The number of carbonyl (C=O) groups excluding carboxylic acids is 1. The average Bonchev–Trinajstić information content (AvgIpc) is 3.31. The first kappa shape index (κ1) is 17.8. The molecule has 0 bridgehead atoms. The lowest BCUT2D eigenvalue weighted by molar-refractivity contribution is -0.138. The van der Waals surface area contributed by atoms with Crippen molar-refractivity contribution in [3.8, 4) is 5.69 Å². The first-order valence-corrected chi connectivity index (χ1v) is 9.70. The highest BCUT2D eigenvalue weighted by molar-refractivity contribution is 5.95. The lowest BCUT2D eigenvalue weighted by Gasteiger charge is -2.28. The van der Waals surface area contributed by atoms with Crippen molar-refractivity contribution in [3.05, 3.63) is 46.8 Å². The Morgan fingerprint density at radius 1 is 1.15 bits per heavy atom. The Balaban J connectivity index is 1.66. The van der Waals surface area contributed by atoms with Gasteiger partial charge in [0.05, 0.1) is 17.6 Å². The Morgan fingerprint density at radius 3 is 2.52 bits per heavy atom.